The molecule has 0 atom stereocenters. The van der Waals surface area contributed by atoms with Gasteiger partial charge in [0.15, 0.2) is 0 Å². The molecule has 2 saturated heterocycles. The third-order valence-corrected chi connectivity index (χ3v) is 8.43. The van der Waals surface area contributed by atoms with Gasteiger partial charge in [-0.2, -0.15) is 0 Å². The van der Waals surface area contributed by atoms with Crippen LogP contribution in [0.4, 0.5) is 0 Å². The number of ether oxygens (including phenoxy) is 2. The molecule has 224 valence electrons. The fourth-order valence-electron chi connectivity index (χ4n) is 7.58. The second-order valence-corrected chi connectivity index (χ2v) is 14.9. The van der Waals surface area contributed by atoms with E-state index >= 15 is 0 Å². The summed E-state index contributed by atoms with van der Waals surface area (Å²) in [7, 11) is 0. The standard InChI is InChI=1S/C36H46N2O4/c1-33(2)19-25(20-34(3,4)37-33)41-31(39)24-17-15-23(16-18-24)27-11-9-13-29-28(27)12-10-14-30(29)32(40)42-26-21-35(5,6)38-36(7,8)22-26/h9-18,25-26,37-38H,19-22H2,1-8H3. The Morgan fingerprint density at radius 3 is 1.57 bits per heavy atom. The molecule has 0 spiro atoms. The molecule has 42 heavy (non-hydrogen) atoms. The number of carbonyl (C=O) groups excluding carboxylic acids is 2. The maximum Gasteiger partial charge on any atom is 0.339 e. The molecular weight excluding hydrogens is 524 g/mol. The first kappa shape index (κ1) is 30.2. The minimum Gasteiger partial charge on any atom is -0.459 e. The normalized spacial score (nSPS) is 21.5. The molecule has 2 heterocycles. The van der Waals surface area contributed by atoms with Crippen LogP contribution in [-0.4, -0.2) is 46.3 Å². The summed E-state index contributed by atoms with van der Waals surface area (Å²) in [5.74, 6) is -0.592. The van der Waals surface area contributed by atoms with Gasteiger partial charge in [-0.25, -0.2) is 9.59 Å². The molecule has 2 N–H and O–H groups in total. The molecule has 5 rings (SSSR count). The van der Waals surface area contributed by atoms with Crippen LogP contribution in [0.1, 0.15) is 102 Å². The third-order valence-electron chi connectivity index (χ3n) is 8.43. The minimum atomic E-state index is -0.299. The largest absolute Gasteiger partial charge is 0.459 e. The van der Waals surface area contributed by atoms with Gasteiger partial charge in [-0.05, 0) is 95.5 Å². The first-order valence-electron chi connectivity index (χ1n) is 15.1. The van der Waals surface area contributed by atoms with E-state index in [1.165, 1.54) is 0 Å². The van der Waals surface area contributed by atoms with Crippen LogP contribution in [0.25, 0.3) is 21.9 Å². The second-order valence-electron chi connectivity index (χ2n) is 14.9. The SMILES string of the molecule is CC1(C)CC(OC(=O)c2ccc(-c3cccc4c(C(=O)OC5CC(C)(C)NC(C)(C)C5)cccc34)cc2)CC(C)(C)N1. The van der Waals surface area contributed by atoms with Gasteiger partial charge in [0, 0.05) is 47.8 Å². The van der Waals surface area contributed by atoms with Crippen molar-refractivity contribution in [1.29, 1.82) is 0 Å². The van der Waals surface area contributed by atoms with E-state index in [9.17, 15) is 9.59 Å². The van der Waals surface area contributed by atoms with E-state index in [1.807, 2.05) is 60.7 Å². The number of rotatable bonds is 5. The van der Waals surface area contributed by atoms with Crippen molar-refractivity contribution in [3.8, 4) is 11.1 Å². The lowest BCUT2D eigenvalue weighted by Crippen LogP contribution is -2.59. The first-order valence-corrected chi connectivity index (χ1v) is 15.1. The van der Waals surface area contributed by atoms with Gasteiger partial charge in [-0.3, -0.25) is 0 Å². The fraction of sp³-hybridized carbons (Fsp3) is 0.500. The van der Waals surface area contributed by atoms with Gasteiger partial charge < -0.3 is 20.1 Å². The van der Waals surface area contributed by atoms with E-state index in [4.69, 9.17) is 9.47 Å². The monoisotopic (exact) mass is 570 g/mol. The zero-order chi connectivity index (χ0) is 30.5. The predicted molar refractivity (Wildman–Crippen MR) is 169 cm³/mol. The highest BCUT2D eigenvalue weighted by Gasteiger charge is 2.40. The minimum absolute atomic E-state index is 0.100. The van der Waals surface area contributed by atoms with Crippen molar-refractivity contribution in [2.24, 2.45) is 0 Å². The average Bonchev–Trinajstić information content (AvgIpc) is 2.84. The van der Waals surface area contributed by atoms with Gasteiger partial charge in [-0.15, -0.1) is 0 Å². The maximum atomic E-state index is 13.5. The molecule has 6 heteroatoms. The zero-order valence-electron chi connectivity index (χ0n) is 26.4. The molecule has 2 aliphatic rings. The van der Waals surface area contributed by atoms with Gasteiger partial charge in [0.2, 0.25) is 0 Å². The van der Waals surface area contributed by atoms with Crippen molar-refractivity contribution >= 4 is 22.7 Å². The van der Waals surface area contributed by atoms with Crippen LogP contribution in [0.2, 0.25) is 0 Å². The van der Waals surface area contributed by atoms with Crippen LogP contribution >= 0.6 is 0 Å². The molecule has 3 aromatic carbocycles. The van der Waals surface area contributed by atoms with E-state index in [-0.39, 0.29) is 46.3 Å². The van der Waals surface area contributed by atoms with Crippen molar-refractivity contribution in [3.63, 3.8) is 0 Å². The molecule has 0 aliphatic carbocycles. The van der Waals surface area contributed by atoms with E-state index in [1.54, 1.807) is 0 Å². The van der Waals surface area contributed by atoms with Gasteiger partial charge in [-0.1, -0.05) is 42.5 Å². The molecule has 0 unspecified atom stereocenters. The lowest BCUT2D eigenvalue weighted by Gasteiger charge is -2.45. The van der Waals surface area contributed by atoms with Crippen LogP contribution in [0, 0.1) is 0 Å². The molecule has 2 aliphatic heterocycles. The summed E-state index contributed by atoms with van der Waals surface area (Å²) in [5.41, 5.74) is 2.63. The van der Waals surface area contributed by atoms with E-state index in [2.05, 4.69) is 66.0 Å². The summed E-state index contributed by atoms with van der Waals surface area (Å²) in [6.45, 7) is 17.2. The summed E-state index contributed by atoms with van der Waals surface area (Å²) < 4.78 is 12.1. The van der Waals surface area contributed by atoms with Gasteiger partial charge in [0.05, 0.1) is 11.1 Å². The molecule has 0 aromatic heterocycles. The molecule has 0 radical (unpaired) electrons. The van der Waals surface area contributed by atoms with Crippen LogP contribution < -0.4 is 10.6 Å². The Morgan fingerprint density at radius 1 is 0.595 bits per heavy atom. The topological polar surface area (TPSA) is 76.7 Å². The van der Waals surface area contributed by atoms with Crippen molar-refractivity contribution < 1.29 is 19.1 Å². The molecule has 0 amide bonds. The highest BCUT2D eigenvalue weighted by Crippen LogP contribution is 2.35. The lowest BCUT2D eigenvalue weighted by molar-refractivity contribution is -0.00757. The molecule has 2 fully saturated rings. The van der Waals surface area contributed by atoms with Crippen LogP contribution in [0.3, 0.4) is 0 Å². The second kappa shape index (κ2) is 10.8. The number of benzene rings is 3. The Hall–Kier alpha value is -3.22. The Labute approximate surface area is 250 Å². The summed E-state index contributed by atoms with van der Waals surface area (Å²) in [5, 5.41) is 9.09. The lowest BCUT2D eigenvalue weighted by atomic mass is 9.81. The third kappa shape index (κ3) is 6.87. The number of hydrogen-bond acceptors (Lipinski definition) is 6. The highest BCUT2D eigenvalue weighted by molar-refractivity contribution is 6.08. The maximum absolute atomic E-state index is 13.5. The van der Waals surface area contributed by atoms with Gasteiger partial charge >= 0.3 is 11.9 Å². The van der Waals surface area contributed by atoms with Crippen molar-refractivity contribution in [2.75, 3.05) is 0 Å². The molecule has 6 nitrogen and oxygen atoms in total. The fourth-order valence-corrected chi connectivity index (χ4v) is 7.58. The van der Waals surface area contributed by atoms with Gasteiger partial charge in [0.1, 0.15) is 12.2 Å². The number of fused-ring (bicyclic) bond motifs is 1. The zero-order valence-corrected chi connectivity index (χ0v) is 26.4. The van der Waals surface area contributed by atoms with Gasteiger partial charge in [0.25, 0.3) is 0 Å². The first-order chi connectivity index (χ1) is 19.5. The van der Waals surface area contributed by atoms with Crippen LogP contribution in [0.15, 0.2) is 60.7 Å². The summed E-state index contributed by atoms with van der Waals surface area (Å²) >= 11 is 0. The number of esters is 2. The Kier molecular flexibility index (Phi) is 7.78. The number of piperidine rings is 2. The molecule has 0 saturated carbocycles. The predicted octanol–water partition coefficient (Wildman–Crippen LogP) is 7.44. The van der Waals surface area contributed by atoms with Crippen LogP contribution in [0.5, 0.6) is 0 Å². The molecule has 0 bridgehead atoms. The summed E-state index contributed by atoms with van der Waals surface area (Å²) in [6.07, 6.45) is 2.78. The Bertz CT molecular complexity index is 1450. The van der Waals surface area contributed by atoms with E-state index in [0.29, 0.717) is 11.1 Å². The van der Waals surface area contributed by atoms with Crippen molar-refractivity contribution in [2.45, 2.75) is 115 Å². The average molecular weight is 571 g/mol. The Balaban J connectivity index is 1.34. The number of hydrogen-bond donors (Lipinski definition) is 2. The molecule has 3 aromatic rings. The van der Waals surface area contributed by atoms with E-state index in [0.717, 1.165) is 47.6 Å². The van der Waals surface area contributed by atoms with Crippen molar-refractivity contribution in [1.82, 2.24) is 10.6 Å². The Morgan fingerprint density at radius 2 is 1.05 bits per heavy atom. The number of carbonyl (C=O) groups is 2. The smallest absolute Gasteiger partial charge is 0.339 e. The summed E-state index contributed by atoms with van der Waals surface area (Å²) in [4.78, 5) is 26.5. The highest BCUT2D eigenvalue weighted by atomic mass is 16.5. The van der Waals surface area contributed by atoms with E-state index < -0.39 is 0 Å². The summed E-state index contributed by atoms with van der Waals surface area (Å²) in [6, 6.07) is 19.3. The number of nitrogens with one attached hydrogen (secondary N) is 2. The molecular formula is C36H46N2O4. The quantitative estimate of drug-likeness (QED) is 0.311. The van der Waals surface area contributed by atoms with Crippen LogP contribution in [-0.2, 0) is 9.47 Å². The van der Waals surface area contributed by atoms with Crippen molar-refractivity contribution in [3.05, 3.63) is 71.8 Å².